The molecule has 1 aliphatic heterocycles. The standard InChI is InChI=1S/C19H32N4.HI/c1-4-23-12-8-11-17(23)13-21-19(20)22-14-18(15(2)3)16-9-6-5-7-10-16;/h5-7,9-10,15,17-18H,4,8,11-14H2,1-3H3,(H3,20,21,22);1H. The fraction of sp³-hybridized carbons (Fsp3) is 0.632. The van der Waals surface area contributed by atoms with E-state index < -0.39 is 0 Å². The number of hydrogen-bond donors (Lipinski definition) is 2. The van der Waals surface area contributed by atoms with E-state index >= 15 is 0 Å². The Kier molecular flexibility index (Phi) is 9.66. The maximum absolute atomic E-state index is 6.09. The molecule has 0 bridgehead atoms. The van der Waals surface area contributed by atoms with Gasteiger partial charge in [0.1, 0.15) is 0 Å². The minimum atomic E-state index is 0. The first-order valence-corrected chi connectivity index (χ1v) is 8.94. The third-order valence-electron chi connectivity index (χ3n) is 4.91. The number of likely N-dealkylation sites (N-methyl/N-ethyl adjacent to an activating group) is 1. The van der Waals surface area contributed by atoms with E-state index in [0.717, 1.165) is 19.6 Å². The molecule has 1 fully saturated rings. The molecule has 2 atom stereocenters. The van der Waals surface area contributed by atoms with E-state index in [0.29, 0.717) is 23.8 Å². The van der Waals surface area contributed by atoms with Gasteiger partial charge in [0, 0.05) is 25.0 Å². The van der Waals surface area contributed by atoms with E-state index in [9.17, 15) is 0 Å². The van der Waals surface area contributed by atoms with E-state index in [-0.39, 0.29) is 24.0 Å². The number of nitrogens with two attached hydrogens (primary N) is 1. The second-order valence-corrected chi connectivity index (χ2v) is 6.79. The summed E-state index contributed by atoms with van der Waals surface area (Å²) in [6, 6.07) is 11.2. The average molecular weight is 444 g/mol. The minimum absolute atomic E-state index is 0. The molecule has 1 aromatic carbocycles. The van der Waals surface area contributed by atoms with E-state index in [1.165, 1.54) is 24.9 Å². The van der Waals surface area contributed by atoms with Crippen LogP contribution < -0.4 is 11.1 Å². The largest absolute Gasteiger partial charge is 0.370 e. The van der Waals surface area contributed by atoms with Gasteiger partial charge in [-0.15, -0.1) is 24.0 Å². The predicted molar refractivity (Wildman–Crippen MR) is 114 cm³/mol. The van der Waals surface area contributed by atoms with Crippen molar-refractivity contribution in [2.75, 3.05) is 26.2 Å². The summed E-state index contributed by atoms with van der Waals surface area (Å²) in [4.78, 5) is 7.11. The van der Waals surface area contributed by atoms with E-state index in [1.807, 2.05) is 0 Å². The van der Waals surface area contributed by atoms with Gasteiger partial charge in [0.25, 0.3) is 0 Å². The van der Waals surface area contributed by atoms with Crippen LogP contribution in [0.15, 0.2) is 35.3 Å². The van der Waals surface area contributed by atoms with Crippen molar-refractivity contribution in [3.05, 3.63) is 35.9 Å². The summed E-state index contributed by atoms with van der Waals surface area (Å²) in [5.74, 6) is 1.53. The molecular formula is C19H33IN4. The number of guanidine groups is 1. The van der Waals surface area contributed by atoms with Gasteiger partial charge in [0.2, 0.25) is 0 Å². The maximum Gasteiger partial charge on any atom is 0.188 e. The summed E-state index contributed by atoms with van der Waals surface area (Å²) in [5, 5.41) is 3.32. The Balaban J connectivity index is 0.00000288. The number of likely N-dealkylation sites (tertiary alicyclic amines) is 1. The first kappa shape index (κ1) is 21.2. The van der Waals surface area contributed by atoms with Crippen LogP contribution in [0.2, 0.25) is 0 Å². The first-order valence-electron chi connectivity index (χ1n) is 8.94. The topological polar surface area (TPSA) is 53.6 Å². The number of nitrogens with one attached hydrogen (secondary N) is 1. The molecule has 0 spiro atoms. The monoisotopic (exact) mass is 444 g/mol. The number of rotatable bonds is 7. The van der Waals surface area contributed by atoms with Gasteiger partial charge in [0.15, 0.2) is 5.96 Å². The molecule has 0 aliphatic carbocycles. The van der Waals surface area contributed by atoms with Crippen molar-refractivity contribution in [1.82, 2.24) is 10.2 Å². The van der Waals surface area contributed by atoms with Crippen LogP contribution in [-0.4, -0.2) is 43.1 Å². The minimum Gasteiger partial charge on any atom is -0.370 e. The molecule has 1 heterocycles. The molecule has 1 saturated heterocycles. The Morgan fingerprint density at radius 2 is 2.04 bits per heavy atom. The third-order valence-corrected chi connectivity index (χ3v) is 4.91. The lowest BCUT2D eigenvalue weighted by Crippen LogP contribution is -2.42. The van der Waals surface area contributed by atoms with Gasteiger partial charge in [-0.2, -0.15) is 0 Å². The van der Waals surface area contributed by atoms with Crippen LogP contribution >= 0.6 is 24.0 Å². The van der Waals surface area contributed by atoms with Gasteiger partial charge >= 0.3 is 0 Å². The first-order chi connectivity index (χ1) is 11.1. The smallest absolute Gasteiger partial charge is 0.188 e. The molecule has 0 amide bonds. The normalized spacial score (nSPS) is 20.0. The van der Waals surface area contributed by atoms with Crippen LogP contribution in [0.5, 0.6) is 0 Å². The molecule has 136 valence electrons. The van der Waals surface area contributed by atoms with Crippen molar-refractivity contribution in [3.8, 4) is 0 Å². The Labute approximate surface area is 164 Å². The van der Waals surface area contributed by atoms with Gasteiger partial charge in [-0.3, -0.25) is 9.89 Å². The summed E-state index contributed by atoms with van der Waals surface area (Å²) in [6.45, 7) is 10.7. The predicted octanol–water partition coefficient (Wildman–Crippen LogP) is 3.43. The molecule has 3 N–H and O–H groups in total. The molecular weight excluding hydrogens is 411 g/mol. The Morgan fingerprint density at radius 3 is 2.67 bits per heavy atom. The molecule has 2 rings (SSSR count). The Morgan fingerprint density at radius 1 is 1.33 bits per heavy atom. The van der Waals surface area contributed by atoms with Gasteiger partial charge in [-0.1, -0.05) is 51.1 Å². The molecule has 1 aliphatic rings. The van der Waals surface area contributed by atoms with Gasteiger partial charge < -0.3 is 11.1 Å². The third kappa shape index (κ3) is 6.24. The number of benzene rings is 1. The zero-order valence-electron chi connectivity index (χ0n) is 15.2. The zero-order valence-corrected chi connectivity index (χ0v) is 17.6. The highest BCUT2D eigenvalue weighted by Crippen LogP contribution is 2.24. The molecule has 0 aromatic heterocycles. The number of hydrogen-bond acceptors (Lipinski definition) is 2. The summed E-state index contributed by atoms with van der Waals surface area (Å²) < 4.78 is 0. The van der Waals surface area contributed by atoms with Crippen molar-refractivity contribution in [2.24, 2.45) is 16.6 Å². The quantitative estimate of drug-likeness (QED) is 0.385. The van der Waals surface area contributed by atoms with Gasteiger partial charge in [0.05, 0.1) is 0 Å². The lowest BCUT2D eigenvalue weighted by Gasteiger charge is -2.23. The number of nitrogens with zero attached hydrogens (tertiary/aromatic N) is 2. The highest BCUT2D eigenvalue weighted by molar-refractivity contribution is 14.0. The fourth-order valence-electron chi connectivity index (χ4n) is 3.42. The average Bonchev–Trinajstić information content (AvgIpc) is 3.01. The van der Waals surface area contributed by atoms with Crippen molar-refractivity contribution >= 4 is 29.9 Å². The van der Waals surface area contributed by atoms with E-state index in [2.05, 4.69) is 66.3 Å². The lowest BCUT2D eigenvalue weighted by molar-refractivity contribution is 0.267. The van der Waals surface area contributed by atoms with E-state index in [1.54, 1.807) is 0 Å². The second kappa shape index (κ2) is 10.9. The van der Waals surface area contributed by atoms with Crippen LogP contribution in [0.3, 0.4) is 0 Å². The highest BCUT2D eigenvalue weighted by atomic mass is 127. The molecule has 1 aromatic rings. The van der Waals surface area contributed by atoms with Crippen molar-refractivity contribution in [2.45, 2.75) is 45.6 Å². The maximum atomic E-state index is 6.09. The number of halogens is 1. The molecule has 4 nitrogen and oxygen atoms in total. The van der Waals surface area contributed by atoms with Crippen molar-refractivity contribution < 1.29 is 0 Å². The Bertz CT molecular complexity index is 489. The van der Waals surface area contributed by atoms with E-state index in [4.69, 9.17) is 5.73 Å². The molecule has 5 heteroatoms. The Hall–Kier alpha value is -0.820. The fourth-order valence-corrected chi connectivity index (χ4v) is 3.42. The van der Waals surface area contributed by atoms with Gasteiger partial charge in [-0.05, 0) is 37.4 Å². The second-order valence-electron chi connectivity index (χ2n) is 6.79. The number of aliphatic imine (C=N–C) groups is 1. The van der Waals surface area contributed by atoms with Crippen LogP contribution in [-0.2, 0) is 0 Å². The highest BCUT2D eigenvalue weighted by Gasteiger charge is 2.22. The molecule has 24 heavy (non-hydrogen) atoms. The van der Waals surface area contributed by atoms with Crippen LogP contribution in [0.25, 0.3) is 0 Å². The van der Waals surface area contributed by atoms with Crippen LogP contribution in [0.4, 0.5) is 0 Å². The van der Waals surface area contributed by atoms with Gasteiger partial charge in [-0.25, -0.2) is 0 Å². The summed E-state index contributed by atoms with van der Waals surface area (Å²) >= 11 is 0. The summed E-state index contributed by atoms with van der Waals surface area (Å²) in [6.07, 6.45) is 2.55. The molecule has 2 unspecified atom stereocenters. The van der Waals surface area contributed by atoms with Crippen molar-refractivity contribution in [3.63, 3.8) is 0 Å². The van der Waals surface area contributed by atoms with Crippen LogP contribution in [0.1, 0.15) is 45.1 Å². The van der Waals surface area contributed by atoms with Crippen molar-refractivity contribution in [1.29, 1.82) is 0 Å². The summed E-state index contributed by atoms with van der Waals surface area (Å²) in [5.41, 5.74) is 7.43. The zero-order chi connectivity index (χ0) is 16.7. The molecule has 0 radical (unpaired) electrons. The summed E-state index contributed by atoms with van der Waals surface area (Å²) in [7, 11) is 0. The molecule has 0 saturated carbocycles. The lowest BCUT2D eigenvalue weighted by atomic mass is 9.88. The van der Waals surface area contributed by atoms with Crippen LogP contribution in [0, 0.1) is 5.92 Å². The SMILES string of the molecule is CCN1CCCC1CNC(N)=NCC(c1ccccc1)C(C)C.I.